The van der Waals surface area contributed by atoms with Gasteiger partial charge in [-0.25, -0.2) is 0 Å². The molecule has 2 aromatic rings. The van der Waals surface area contributed by atoms with Crippen molar-refractivity contribution in [2.24, 2.45) is 0 Å². The van der Waals surface area contributed by atoms with E-state index in [1.165, 1.54) is 24.3 Å². The van der Waals surface area contributed by atoms with Gasteiger partial charge in [0.25, 0.3) is 5.91 Å². The quantitative estimate of drug-likeness (QED) is 0.661. The summed E-state index contributed by atoms with van der Waals surface area (Å²) in [6.07, 6.45) is -5.08. The van der Waals surface area contributed by atoms with Crippen molar-refractivity contribution in [3.63, 3.8) is 0 Å². The van der Waals surface area contributed by atoms with Crippen molar-refractivity contribution in [1.82, 2.24) is 4.90 Å². The Morgan fingerprint density at radius 2 is 1.59 bits per heavy atom. The monoisotopic (exact) mass is 448 g/mol. The van der Waals surface area contributed by atoms with Gasteiger partial charge in [0.2, 0.25) is 5.91 Å². The molecule has 2 N–H and O–H groups in total. The number of carbonyl (C=O) groups excluding carboxylic acids is 2. The number of amides is 2. The number of hydrogen-bond donors (Lipinski definition) is 2. The van der Waals surface area contributed by atoms with E-state index >= 15 is 0 Å². The summed E-state index contributed by atoms with van der Waals surface area (Å²) in [6.45, 7) is 1.96. The second-order valence-corrected chi connectivity index (χ2v) is 8.09. The number of anilines is 3. The first kappa shape index (κ1) is 23.6. The molecule has 1 saturated heterocycles. The second kappa shape index (κ2) is 10.0. The standard InChI is InChI=1S/C23H27F3N4O2/c1-29(2)20-12-14-30(15-20)19-9-7-18(8-10-19)28-22(32)16-3-5-17(6-4-16)27-21(31)11-13-23(24,25)26/h3-10,20H,11-15H2,1-2H3,(H,27,31)(H,28,32). The first-order valence-electron chi connectivity index (χ1n) is 10.4. The zero-order valence-electron chi connectivity index (χ0n) is 18.1. The van der Waals surface area contributed by atoms with Crippen LogP contribution < -0.4 is 15.5 Å². The summed E-state index contributed by atoms with van der Waals surface area (Å²) in [5.74, 6) is -1.05. The van der Waals surface area contributed by atoms with Gasteiger partial charge in [-0.2, -0.15) is 13.2 Å². The fourth-order valence-electron chi connectivity index (χ4n) is 3.54. The Morgan fingerprint density at radius 3 is 2.16 bits per heavy atom. The molecule has 0 bridgehead atoms. The molecule has 0 spiro atoms. The average Bonchev–Trinajstić information content (AvgIpc) is 3.23. The van der Waals surface area contributed by atoms with E-state index in [1.807, 2.05) is 24.3 Å². The van der Waals surface area contributed by atoms with Gasteiger partial charge in [0.1, 0.15) is 0 Å². The highest BCUT2D eigenvalue weighted by Crippen LogP contribution is 2.24. The van der Waals surface area contributed by atoms with Gasteiger partial charge in [-0.3, -0.25) is 9.59 Å². The van der Waals surface area contributed by atoms with Crippen LogP contribution in [0.5, 0.6) is 0 Å². The Labute approximate surface area is 185 Å². The van der Waals surface area contributed by atoms with Gasteiger partial charge in [0, 0.05) is 48.2 Å². The molecule has 1 aliphatic rings. The van der Waals surface area contributed by atoms with Crippen molar-refractivity contribution in [2.75, 3.05) is 42.7 Å². The Bertz CT molecular complexity index is 928. The summed E-state index contributed by atoms with van der Waals surface area (Å²) < 4.78 is 36.6. The third-order valence-electron chi connectivity index (χ3n) is 5.45. The van der Waals surface area contributed by atoms with E-state index in [0.29, 0.717) is 23.0 Å². The Morgan fingerprint density at radius 1 is 1.00 bits per heavy atom. The number of rotatable bonds is 7. The Balaban J connectivity index is 1.52. The fraction of sp³-hybridized carbons (Fsp3) is 0.391. The van der Waals surface area contributed by atoms with Crippen LogP contribution in [-0.4, -0.2) is 56.1 Å². The molecule has 6 nitrogen and oxygen atoms in total. The van der Waals surface area contributed by atoms with E-state index in [9.17, 15) is 22.8 Å². The number of hydrogen-bond acceptors (Lipinski definition) is 4. The number of nitrogens with one attached hydrogen (secondary N) is 2. The van der Waals surface area contributed by atoms with Crippen LogP contribution in [0.1, 0.15) is 29.6 Å². The summed E-state index contributed by atoms with van der Waals surface area (Å²) in [5.41, 5.74) is 2.47. The number of benzene rings is 2. The second-order valence-electron chi connectivity index (χ2n) is 8.09. The largest absolute Gasteiger partial charge is 0.389 e. The molecule has 3 rings (SSSR count). The lowest BCUT2D eigenvalue weighted by atomic mass is 10.1. The molecular weight excluding hydrogens is 421 g/mol. The maximum Gasteiger partial charge on any atom is 0.389 e. The molecule has 32 heavy (non-hydrogen) atoms. The minimum Gasteiger partial charge on any atom is -0.370 e. The zero-order valence-corrected chi connectivity index (χ0v) is 18.1. The molecule has 2 aromatic carbocycles. The van der Waals surface area contributed by atoms with Crippen LogP contribution in [-0.2, 0) is 4.79 Å². The number of alkyl halides is 3. The summed E-state index contributed by atoms with van der Waals surface area (Å²) in [7, 11) is 4.17. The summed E-state index contributed by atoms with van der Waals surface area (Å²) in [6, 6.07) is 14.2. The van der Waals surface area contributed by atoms with Gasteiger partial charge < -0.3 is 20.4 Å². The molecule has 0 radical (unpaired) electrons. The smallest absolute Gasteiger partial charge is 0.370 e. The number of likely N-dealkylation sites (N-methyl/N-ethyl adjacent to an activating group) is 1. The van der Waals surface area contributed by atoms with Gasteiger partial charge in [0.05, 0.1) is 6.42 Å². The third-order valence-corrected chi connectivity index (χ3v) is 5.45. The molecule has 1 heterocycles. The van der Waals surface area contributed by atoms with E-state index in [0.717, 1.165) is 25.2 Å². The van der Waals surface area contributed by atoms with Crippen LogP contribution in [0.25, 0.3) is 0 Å². The Hall–Kier alpha value is -3.07. The topological polar surface area (TPSA) is 64.7 Å². The van der Waals surface area contributed by atoms with Crippen molar-refractivity contribution in [2.45, 2.75) is 31.5 Å². The van der Waals surface area contributed by atoms with Gasteiger partial charge in [-0.15, -0.1) is 0 Å². The lowest BCUT2D eigenvalue weighted by Gasteiger charge is -2.22. The molecule has 1 atom stereocenters. The van der Waals surface area contributed by atoms with E-state index in [2.05, 4.69) is 34.5 Å². The predicted molar refractivity (Wildman–Crippen MR) is 119 cm³/mol. The highest BCUT2D eigenvalue weighted by atomic mass is 19.4. The van der Waals surface area contributed by atoms with Gasteiger partial charge in [0.15, 0.2) is 0 Å². The average molecular weight is 448 g/mol. The number of carbonyl (C=O) groups is 2. The van der Waals surface area contributed by atoms with E-state index in [-0.39, 0.29) is 5.91 Å². The molecule has 1 aliphatic heterocycles. The SMILES string of the molecule is CN(C)C1CCN(c2ccc(NC(=O)c3ccc(NC(=O)CCC(F)(F)F)cc3)cc2)C1. The first-order chi connectivity index (χ1) is 15.1. The van der Waals surface area contributed by atoms with Gasteiger partial charge >= 0.3 is 6.18 Å². The Kier molecular flexibility index (Phi) is 7.40. The zero-order chi connectivity index (χ0) is 23.3. The van der Waals surface area contributed by atoms with Crippen molar-refractivity contribution in [1.29, 1.82) is 0 Å². The van der Waals surface area contributed by atoms with Gasteiger partial charge in [-0.05, 0) is 69.0 Å². The minimum absolute atomic E-state index is 0.318. The van der Waals surface area contributed by atoms with E-state index in [4.69, 9.17) is 0 Å². The molecule has 1 fully saturated rings. The van der Waals surface area contributed by atoms with E-state index in [1.54, 1.807) is 0 Å². The molecule has 1 unspecified atom stereocenters. The van der Waals surface area contributed by atoms with Crippen LogP contribution in [0.4, 0.5) is 30.2 Å². The fourth-order valence-corrected chi connectivity index (χ4v) is 3.54. The van der Waals surface area contributed by atoms with Crippen molar-refractivity contribution >= 4 is 28.9 Å². The molecule has 0 aliphatic carbocycles. The normalized spacial score (nSPS) is 16.3. The third kappa shape index (κ3) is 6.71. The lowest BCUT2D eigenvalue weighted by Crippen LogP contribution is -2.31. The first-order valence-corrected chi connectivity index (χ1v) is 10.4. The summed E-state index contributed by atoms with van der Waals surface area (Å²) in [5, 5.41) is 5.22. The molecule has 0 saturated carbocycles. The summed E-state index contributed by atoms with van der Waals surface area (Å²) in [4.78, 5) is 28.6. The van der Waals surface area contributed by atoms with Gasteiger partial charge in [-0.1, -0.05) is 0 Å². The number of halogens is 3. The summed E-state index contributed by atoms with van der Waals surface area (Å²) >= 11 is 0. The van der Waals surface area contributed by atoms with E-state index < -0.39 is 24.9 Å². The predicted octanol–water partition coefficient (Wildman–Crippen LogP) is 4.36. The molecule has 172 valence electrons. The highest BCUT2D eigenvalue weighted by molar-refractivity contribution is 6.04. The van der Waals surface area contributed by atoms with Crippen molar-refractivity contribution in [3.05, 3.63) is 54.1 Å². The van der Waals surface area contributed by atoms with Crippen LogP contribution >= 0.6 is 0 Å². The van der Waals surface area contributed by atoms with Crippen LogP contribution in [0.15, 0.2) is 48.5 Å². The molecule has 9 heteroatoms. The minimum atomic E-state index is -4.37. The lowest BCUT2D eigenvalue weighted by molar-refractivity contribution is -0.142. The highest BCUT2D eigenvalue weighted by Gasteiger charge is 2.28. The molecular formula is C23H27F3N4O2. The van der Waals surface area contributed by atoms with Crippen LogP contribution in [0, 0.1) is 0 Å². The van der Waals surface area contributed by atoms with Crippen LogP contribution in [0.3, 0.4) is 0 Å². The molecule has 2 amide bonds. The maximum atomic E-state index is 12.5. The number of nitrogens with zero attached hydrogens (tertiary/aromatic N) is 2. The maximum absolute atomic E-state index is 12.5. The van der Waals surface area contributed by atoms with Crippen molar-refractivity contribution in [3.8, 4) is 0 Å². The molecule has 0 aromatic heterocycles. The van der Waals surface area contributed by atoms with Crippen molar-refractivity contribution < 1.29 is 22.8 Å². The van der Waals surface area contributed by atoms with Crippen LogP contribution in [0.2, 0.25) is 0 Å².